The van der Waals surface area contributed by atoms with E-state index in [4.69, 9.17) is 4.74 Å². The summed E-state index contributed by atoms with van der Waals surface area (Å²) in [7, 11) is 1.25. The molecule has 0 fully saturated rings. The van der Waals surface area contributed by atoms with Crippen LogP contribution < -0.4 is 5.32 Å². The van der Waals surface area contributed by atoms with Crippen molar-refractivity contribution in [2.75, 3.05) is 7.11 Å². The van der Waals surface area contributed by atoms with E-state index in [1.165, 1.54) is 19.2 Å². The lowest BCUT2D eigenvalue weighted by Gasteiger charge is -2.16. The number of ketones is 1. The molecule has 6 nitrogen and oxygen atoms in total. The molecular weight excluding hydrogens is 406 g/mol. The first-order valence-corrected chi connectivity index (χ1v) is 10.3. The van der Waals surface area contributed by atoms with Crippen molar-refractivity contribution in [2.45, 2.75) is 25.3 Å². The highest BCUT2D eigenvalue weighted by atomic mass is 16.5. The molecule has 1 unspecified atom stereocenters. The van der Waals surface area contributed by atoms with Gasteiger partial charge < -0.3 is 15.2 Å². The number of methoxy groups -OCH3 is 1. The smallest absolute Gasteiger partial charge is 0.328 e. The third kappa shape index (κ3) is 6.28. The Bertz CT molecular complexity index is 1060. The van der Waals surface area contributed by atoms with Crippen LogP contribution in [0.15, 0.2) is 78.9 Å². The van der Waals surface area contributed by atoms with Crippen LogP contribution in [0.25, 0.3) is 11.1 Å². The quantitative estimate of drug-likeness (QED) is 0.396. The molecule has 0 aliphatic heterocycles. The fraction of sp³-hybridized carbons (Fsp3) is 0.192. The molecule has 6 heteroatoms. The van der Waals surface area contributed by atoms with Gasteiger partial charge in [0, 0.05) is 24.8 Å². The fourth-order valence-corrected chi connectivity index (χ4v) is 3.32. The van der Waals surface area contributed by atoms with Gasteiger partial charge in [0.1, 0.15) is 11.8 Å². The lowest BCUT2D eigenvalue weighted by atomic mass is 10.0. The molecule has 3 rings (SSSR count). The van der Waals surface area contributed by atoms with Crippen molar-refractivity contribution in [1.29, 1.82) is 0 Å². The average Bonchev–Trinajstić information content (AvgIpc) is 2.83. The van der Waals surface area contributed by atoms with Crippen LogP contribution in [-0.4, -0.2) is 35.9 Å². The number of phenolic OH excluding ortho intramolecular Hbond substituents is 1. The van der Waals surface area contributed by atoms with E-state index in [0.29, 0.717) is 5.56 Å². The number of rotatable bonds is 9. The highest BCUT2D eigenvalue weighted by molar-refractivity contribution is 5.98. The third-order valence-electron chi connectivity index (χ3n) is 5.09. The summed E-state index contributed by atoms with van der Waals surface area (Å²) >= 11 is 0. The number of hydrogen-bond donors (Lipinski definition) is 2. The topological polar surface area (TPSA) is 92.7 Å². The van der Waals surface area contributed by atoms with Gasteiger partial charge >= 0.3 is 5.97 Å². The number of ether oxygens (including phenoxy) is 1. The maximum absolute atomic E-state index is 12.5. The molecular formula is C26H25NO5. The van der Waals surface area contributed by atoms with E-state index in [-0.39, 0.29) is 30.8 Å². The van der Waals surface area contributed by atoms with Gasteiger partial charge in [0.25, 0.3) is 0 Å². The Labute approximate surface area is 186 Å². The molecule has 164 valence electrons. The van der Waals surface area contributed by atoms with Crippen LogP contribution in [0, 0.1) is 0 Å². The van der Waals surface area contributed by atoms with Crippen LogP contribution >= 0.6 is 0 Å². The van der Waals surface area contributed by atoms with Crippen LogP contribution in [0.5, 0.6) is 5.75 Å². The molecule has 0 aliphatic carbocycles. The number of aromatic hydroxyl groups is 1. The molecule has 0 spiro atoms. The summed E-state index contributed by atoms with van der Waals surface area (Å²) in [6.07, 6.45) is 0.208. The SMILES string of the molecule is COC(=O)C(Cc1ccc(O)cc1)NC(=O)CCC(=O)c1ccc(-c2ccccc2)cc1. The number of phenols is 1. The van der Waals surface area contributed by atoms with Gasteiger partial charge in [0.2, 0.25) is 5.91 Å². The van der Waals surface area contributed by atoms with Crippen molar-refractivity contribution < 1.29 is 24.2 Å². The van der Waals surface area contributed by atoms with Crippen LogP contribution in [0.1, 0.15) is 28.8 Å². The highest BCUT2D eigenvalue weighted by Crippen LogP contribution is 2.20. The molecule has 0 heterocycles. The molecule has 0 aliphatic rings. The number of carbonyl (C=O) groups excluding carboxylic acids is 3. The van der Waals surface area contributed by atoms with Gasteiger partial charge in [-0.1, -0.05) is 66.7 Å². The Balaban J connectivity index is 1.55. The number of nitrogens with one attached hydrogen (secondary N) is 1. The number of amides is 1. The summed E-state index contributed by atoms with van der Waals surface area (Å²) < 4.78 is 4.78. The van der Waals surface area contributed by atoms with Crippen LogP contribution in [0.2, 0.25) is 0 Å². The Morgan fingerprint density at radius 3 is 2.09 bits per heavy atom. The molecule has 0 saturated carbocycles. The van der Waals surface area contributed by atoms with Gasteiger partial charge in [-0.2, -0.15) is 0 Å². The first-order chi connectivity index (χ1) is 15.5. The molecule has 3 aromatic rings. The summed E-state index contributed by atoms with van der Waals surface area (Å²) in [5.74, 6) is -1.02. The van der Waals surface area contributed by atoms with Crippen LogP contribution in [-0.2, 0) is 20.7 Å². The van der Waals surface area contributed by atoms with E-state index in [1.54, 1.807) is 24.3 Å². The minimum absolute atomic E-state index is 0.0314. The highest BCUT2D eigenvalue weighted by Gasteiger charge is 2.22. The summed E-state index contributed by atoms with van der Waals surface area (Å²) in [6.45, 7) is 0. The van der Waals surface area contributed by atoms with Crippen LogP contribution in [0.3, 0.4) is 0 Å². The monoisotopic (exact) mass is 431 g/mol. The predicted octanol–water partition coefficient (Wildman–Crippen LogP) is 3.92. The Hall–Kier alpha value is -3.93. The average molecular weight is 431 g/mol. The van der Waals surface area contributed by atoms with E-state index < -0.39 is 17.9 Å². The number of benzene rings is 3. The molecule has 1 atom stereocenters. The van der Waals surface area contributed by atoms with Crippen molar-refractivity contribution in [1.82, 2.24) is 5.32 Å². The van der Waals surface area contributed by atoms with Gasteiger partial charge in [0.15, 0.2) is 5.78 Å². The zero-order valence-corrected chi connectivity index (χ0v) is 17.8. The second kappa shape index (κ2) is 10.9. The largest absolute Gasteiger partial charge is 0.508 e. The Morgan fingerprint density at radius 1 is 0.844 bits per heavy atom. The molecule has 32 heavy (non-hydrogen) atoms. The van der Waals surface area contributed by atoms with Gasteiger partial charge in [-0.3, -0.25) is 9.59 Å². The summed E-state index contributed by atoms with van der Waals surface area (Å²) in [6, 6.07) is 22.6. The molecule has 3 aromatic carbocycles. The number of carbonyl (C=O) groups is 3. The molecule has 0 saturated heterocycles. The van der Waals surface area contributed by atoms with E-state index in [0.717, 1.165) is 16.7 Å². The third-order valence-corrected chi connectivity index (χ3v) is 5.09. The second-order valence-corrected chi connectivity index (χ2v) is 7.38. The van der Waals surface area contributed by atoms with Crippen molar-refractivity contribution in [2.24, 2.45) is 0 Å². The van der Waals surface area contributed by atoms with Crippen molar-refractivity contribution in [3.63, 3.8) is 0 Å². The zero-order valence-electron chi connectivity index (χ0n) is 17.8. The van der Waals surface area contributed by atoms with Crippen molar-refractivity contribution in [3.05, 3.63) is 90.0 Å². The molecule has 2 N–H and O–H groups in total. The number of esters is 1. The second-order valence-electron chi connectivity index (χ2n) is 7.38. The van der Waals surface area contributed by atoms with E-state index in [2.05, 4.69) is 5.32 Å². The fourth-order valence-electron chi connectivity index (χ4n) is 3.32. The van der Waals surface area contributed by atoms with Crippen molar-refractivity contribution >= 4 is 17.7 Å². The molecule has 0 aromatic heterocycles. The van der Waals surface area contributed by atoms with E-state index >= 15 is 0 Å². The minimum Gasteiger partial charge on any atom is -0.508 e. The maximum Gasteiger partial charge on any atom is 0.328 e. The zero-order chi connectivity index (χ0) is 22.9. The van der Waals surface area contributed by atoms with Gasteiger partial charge in [-0.15, -0.1) is 0 Å². The Kier molecular flexibility index (Phi) is 7.75. The summed E-state index contributed by atoms with van der Waals surface area (Å²) in [4.78, 5) is 37.0. The standard InChI is InChI=1S/C26H25NO5/c1-32-26(31)23(17-18-7-13-22(28)14-8-18)27-25(30)16-15-24(29)21-11-9-20(10-12-21)19-5-3-2-4-6-19/h2-14,23,28H,15-17H2,1H3,(H,27,30). The van der Waals surface area contributed by atoms with E-state index in [9.17, 15) is 19.5 Å². The van der Waals surface area contributed by atoms with Gasteiger partial charge in [-0.05, 0) is 28.8 Å². The summed E-state index contributed by atoms with van der Waals surface area (Å²) in [5.41, 5.74) is 3.36. The first-order valence-electron chi connectivity index (χ1n) is 10.3. The van der Waals surface area contributed by atoms with Crippen LogP contribution in [0.4, 0.5) is 0 Å². The van der Waals surface area contributed by atoms with Gasteiger partial charge in [0.05, 0.1) is 7.11 Å². The predicted molar refractivity (Wildman–Crippen MR) is 121 cm³/mol. The normalized spacial score (nSPS) is 11.4. The number of hydrogen-bond acceptors (Lipinski definition) is 5. The summed E-state index contributed by atoms with van der Waals surface area (Å²) in [5, 5.41) is 12.0. The Morgan fingerprint density at radius 2 is 1.47 bits per heavy atom. The molecule has 0 bridgehead atoms. The maximum atomic E-state index is 12.5. The lowest BCUT2D eigenvalue weighted by Crippen LogP contribution is -2.43. The minimum atomic E-state index is -0.877. The molecule has 0 radical (unpaired) electrons. The van der Waals surface area contributed by atoms with Crippen molar-refractivity contribution in [3.8, 4) is 16.9 Å². The van der Waals surface area contributed by atoms with E-state index in [1.807, 2.05) is 42.5 Å². The molecule has 1 amide bonds. The number of Topliss-reactive ketones (excluding diaryl/α,β-unsaturated/α-hetero) is 1. The lowest BCUT2D eigenvalue weighted by molar-refractivity contribution is -0.145. The van der Waals surface area contributed by atoms with Gasteiger partial charge in [-0.25, -0.2) is 4.79 Å². The first kappa shape index (κ1) is 22.7.